The molecule has 1 atom stereocenters. The Morgan fingerprint density at radius 1 is 1.39 bits per heavy atom. The normalized spacial score (nSPS) is 22.6. The maximum atomic E-state index is 11.6. The monoisotopic (exact) mass is 272 g/mol. The first kappa shape index (κ1) is 13.6. The van der Waals surface area contributed by atoms with Gasteiger partial charge in [-0.3, -0.25) is 4.90 Å². The van der Waals surface area contributed by atoms with Gasteiger partial charge in [-0.15, -0.1) is 0 Å². The van der Waals surface area contributed by atoms with E-state index in [1.54, 1.807) is 0 Å². The highest BCUT2D eigenvalue weighted by Gasteiger charge is 2.26. The van der Waals surface area contributed by atoms with Gasteiger partial charge in [0.25, 0.3) is 0 Å². The van der Waals surface area contributed by atoms with Crippen molar-refractivity contribution in [3.63, 3.8) is 0 Å². The molecule has 1 fully saturated rings. The van der Waals surface area contributed by atoms with Crippen molar-refractivity contribution < 1.29 is 12.8 Å². The summed E-state index contributed by atoms with van der Waals surface area (Å²) in [5.41, 5.74) is 5.81. The van der Waals surface area contributed by atoms with E-state index < -0.39 is 9.84 Å². The number of furan rings is 1. The molecule has 6 heteroatoms. The molecule has 0 aliphatic carbocycles. The molecule has 2 rings (SSSR count). The molecule has 0 aromatic carbocycles. The summed E-state index contributed by atoms with van der Waals surface area (Å²) in [6.45, 7) is 3.61. The van der Waals surface area contributed by atoms with Crippen LogP contribution in [0.15, 0.2) is 16.5 Å². The number of aryl methyl sites for hydroxylation is 1. The van der Waals surface area contributed by atoms with Gasteiger partial charge < -0.3 is 10.2 Å². The minimum absolute atomic E-state index is 0.0213. The van der Waals surface area contributed by atoms with Crippen LogP contribution in [0, 0.1) is 6.92 Å². The molecule has 1 unspecified atom stereocenters. The van der Waals surface area contributed by atoms with E-state index in [2.05, 4.69) is 4.90 Å². The van der Waals surface area contributed by atoms with Crippen LogP contribution in [0.4, 0.5) is 0 Å². The molecule has 0 saturated carbocycles. The Labute approximate surface area is 108 Å². The summed E-state index contributed by atoms with van der Waals surface area (Å²) < 4.78 is 28.8. The van der Waals surface area contributed by atoms with Gasteiger partial charge in [-0.05, 0) is 32.0 Å². The highest BCUT2D eigenvalue weighted by atomic mass is 32.2. The largest absolute Gasteiger partial charge is 0.465 e. The van der Waals surface area contributed by atoms with Gasteiger partial charge in [0.1, 0.15) is 11.5 Å². The number of hydrogen-bond acceptors (Lipinski definition) is 5. The summed E-state index contributed by atoms with van der Waals surface area (Å²) in [5.74, 6) is 2.17. The van der Waals surface area contributed by atoms with Crippen LogP contribution in [0.5, 0.6) is 0 Å². The molecule has 5 nitrogen and oxygen atoms in total. The lowest BCUT2D eigenvalue weighted by Crippen LogP contribution is -2.35. The average molecular weight is 272 g/mol. The van der Waals surface area contributed by atoms with Crippen LogP contribution in [0.1, 0.15) is 24.0 Å². The van der Waals surface area contributed by atoms with E-state index in [1.165, 1.54) is 0 Å². The fourth-order valence-corrected chi connectivity index (χ4v) is 3.63. The lowest BCUT2D eigenvalue weighted by molar-refractivity contribution is 0.191. The van der Waals surface area contributed by atoms with E-state index >= 15 is 0 Å². The first-order valence-electron chi connectivity index (χ1n) is 6.23. The minimum Gasteiger partial charge on any atom is -0.465 e. The zero-order chi connectivity index (χ0) is 13.2. The van der Waals surface area contributed by atoms with E-state index in [4.69, 9.17) is 10.2 Å². The second-order valence-corrected chi connectivity index (χ2v) is 7.04. The second-order valence-electron chi connectivity index (χ2n) is 4.74. The topological polar surface area (TPSA) is 76.5 Å². The molecule has 2 N–H and O–H groups in total. The highest BCUT2D eigenvalue weighted by Crippen LogP contribution is 2.23. The molecule has 1 aliphatic heterocycles. The van der Waals surface area contributed by atoms with Crippen molar-refractivity contribution in [3.8, 4) is 0 Å². The summed E-state index contributed by atoms with van der Waals surface area (Å²) in [4.78, 5) is 2.11. The molecule has 102 valence electrons. The first-order valence-corrected chi connectivity index (χ1v) is 8.05. The molecule has 0 amide bonds. The predicted molar refractivity (Wildman–Crippen MR) is 70.1 cm³/mol. The van der Waals surface area contributed by atoms with Crippen molar-refractivity contribution in [2.75, 3.05) is 31.1 Å². The van der Waals surface area contributed by atoms with Gasteiger partial charge in [0.2, 0.25) is 0 Å². The molecule has 0 spiro atoms. The Morgan fingerprint density at radius 2 is 2.17 bits per heavy atom. The summed E-state index contributed by atoms with van der Waals surface area (Å²) in [6, 6.07) is 3.81. The number of rotatable bonds is 3. The lowest BCUT2D eigenvalue weighted by atomic mass is 10.2. The molecular formula is C12H20N2O3S. The van der Waals surface area contributed by atoms with Crippen molar-refractivity contribution >= 4 is 9.84 Å². The van der Waals surface area contributed by atoms with Crippen molar-refractivity contribution in [2.24, 2.45) is 5.73 Å². The molecule has 1 aromatic rings. The third-order valence-corrected chi connectivity index (χ3v) is 5.06. The van der Waals surface area contributed by atoms with Gasteiger partial charge in [0, 0.05) is 13.1 Å². The molecule has 1 saturated heterocycles. The minimum atomic E-state index is -2.88. The second kappa shape index (κ2) is 5.42. The van der Waals surface area contributed by atoms with E-state index in [0.717, 1.165) is 18.1 Å². The molecule has 1 aliphatic rings. The van der Waals surface area contributed by atoms with Crippen molar-refractivity contribution in [2.45, 2.75) is 19.4 Å². The SMILES string of the molecule is Cc1ccc(C(CN)N2CCCS(=O)(=O)CC2)o1. The Morgan fingerprint density at radius 3 is 2.78 bits per heavy atom. The van der Waals surface area contributed by atoms with Crippen LogP contribution < -0.4 is 5.73 Å². The van der Waals surface area contributed by atoms with Crippen molar-refractivity contribution in [1.29, 1.82) is 0 Å². The summed E-state index contributed by atoms with van der Waals surface area (Å²) >= 11 is 0. The fourth-order valence-electron chi connectivity index (χ4n) is 2.35. The molecule has 1 aromatic heterocycles. The van der Waals surface area contributed by atoms with E-state index in [0.29, 0.717) is 19.5 Å². The molecule has 0 bridgehead atoms. The van der Waals surface area contributed by atoms with E-state index in [1.807, 2.05) is 19.1 Å². The number of sulfone groups is 1. The van der Waals surface area contributed by atoms with Crippen LogP contribution >= 0.6 is 0 Å². The highest BCUT2D eigenvalue weighted by molar-refractivity contribution is 7.91. The lowest BCUT2D eigenvalue weighted by Gasteiger charge is -2.27. The van der Waals surface area contributed by atoms with E-state index in [-0.39, 0.29) is 17.5 Å². The Hall–Kier alpha value is -0.850. The molecular weight excluding hydrogens is 252 g/mol. The predicted octanol–water partition coefficient (Wildman–Crippen LogP) is 0.708. The maximum Gasteiger partial charge on any atom is 0.151 e. The van der Waals surface area contributed by atoms with Crippen LogP contribution in [0.3, 0.4) is 0 Å². The quantitative estimate of drug-likeness (QED) is 0.877. The van der Waals surface area contributed by atoms with Crippen LogP contribution in [0.2, 0.25) is 0 Å². The summed E-state index contributed by atoms with van der Waals surface area (Å²) in [6.07, 6.45) is 0.665. The smallest absolute Gasteiger partial charge is 0.151 e. The fraction of sp³-hybridized carbons (Fsp3) is 0.667. The van der Waals surface area contributed by atoms with Gasteiger partial charge in [-0.1, -0.05) is 0 Å². The van der Waals surface area contributed by atoms with Gasteiger partial charge in [-0.2, -0.15) is 0 Å². The van der Waals surface area contributed by atoms with Crippen LogP contribution in [-0.2, 0) is 9.84 Å². The molecule has 18 heavy (non-hydrogen) atoms. The third-order valence-electron chi connectivity index (χ3n) is 3.34. The number of nitrogens with zero attached hydrogens (tertiary/aromatic N) is 1. The average Bonchev–Trinajstić information content (AvgIpc) is 2.64. The number of hydrogen-bond donors (Lipinski definition) is 1. The van der Waals surface area contributed by atoms with Gasteiger partial charge in [0.05, 0.1) is 17.5 Å². The van der Waals surface area contributed by atoms with E-state index in [9.17, 15) is 8.42 Å². The van der Waals surface area contributed by atoms with Gasteiger partial charge in [0.15, 0.2) is 9.84 Å². The first-order chi connectivity index (χ1) is 8.52. The number of nitrogens with two attached hydrogens (primary N) is 1. The summed E-state index contributed by atoms with van der Waals surface area (Å²) in [7, 11) is -2.88. The Balaban J connectivity index is 2.13. The summed E-state index contributed by atoms with van der Waals surface area (Å²) in [5, 5.41) is 0. The molecule has 0 radical (unpaired) electrons. The van der Waals surface area contributed by atoms with Crippen molar-refractivity contribution in [1.82, 2.24) is 4.90 Å². The third kappa shape index (κ3) is 3.13. The Bertz CT molecular complexity index is 495. The zero-order valence-electron chi connectivity index (χ0n) is 10.6. The van der Waals surface area contributed by atoms with Crippen LogP contribution in [0.25, 0.3) is 0 Å². The van der Waals surface area contributed by atoms with Gasteiger partial charge in [-0.25, -0.2) is 8.42 Å². The van der Waals surface area contributed by atoms with Crippen molar-refractivity contribution in [3.05, 3.63) is 23.7 Å². The molecule has 2 heterocycles. The Kier molecular flexibility index (Phi) is 4.09. The maximum absolute atomic E-state index is 11.6. The van der Waals surface area contributed by atoms with Crippen LogP contribution in [-0.4, -0.2) is 44.5 Å². The van der Waals surface area contributed by atoms with Gasteiger partial charge >= 0.3 is 0 Å². The standard InChI is InChI=1S/C12H20N2O3S/c1-10-3-4-12(17-10)11(9-13)14-5-2-7-18(15,16)8-6-14/h3-4,11H,2,5-9,13H2,1H3. The zero-order valence-corrected chi connectivity index (χ0v) is 11.4.